The van der Waals surface area contributed by atoms with Gasteiger partial charge in [0.05, 0.1) is 19.6 Å². The zero-order valence-corrected chi connectivity index (χ0v) is 13.1. The summed E-state index contributed by atoms with van der Waals surface area (Å²) < 4.78 is 9.56. The van der Waals surface area contributed by atoms with Crippen molar-refractivity contribution < 1.29 is 23.9 Å². The van der Waals surface area contributed by atoms with Gasteiger partial charge >= 0.3 is 5.97 Å². The molecule has 7 heteroatoms. The van der Waals surface area contributed by atoms with Crippen LogP contribution in [0.1, 0.15) is 20.3 Å². The Hall–Kier alpha value is -1.63. The molecule has 1 saturated heterocycles. The Balaban J connectivity index is 2.68. The molecule has 1 rings (SSSR count). The van der Waals surface area contributed by atoms with Gasteiger partial charge in [-0.05, 0) is 13.8 Å². The molecule has 0 aromatic heterocycles. The van der Waals surface area contributed by atoms with E-state index in [4.69, 9.17) is 4.74 Å². The summed E-state index contributed by atoms with van der Waals surface area (Å²) in [5.41, 5.74) is 0. The molecule has 0 aromatic rings. The molecule has 1 aliphatic rings. The first-order valence-corrected chi connectivity index (χ1v) is 7.04. The van der Waals surface area contributed by atoms with Crippen molar-refractivity contribution >= 4 is 17.8 Å². The van der Waals surface area contributed by atoms with E-state index in [-0.39, 0.29) is 30.8 Å². The number of esters is 1. The van der Waals surface area contributed by atoms with Crippen LogP contribution in [0.3, 0.4) is 0 Å². The van der Waals surface area contributed by atoms with Crippen LogP contribution >= 0.6 is 0 Å². The summed E-state index contributed by atoms with van der Waals surface area (Å²) in [5.74, 6) is -1.09. The zero-order valence-electron chi connectivity index (χ0n) is 13.1. The minimum atomic E-state index is -0.461. The van der Waals surface area contributed by atoms with Crippen LogP contribution in [0.15, 0.2) is 0 Å². The van der Waals surface area contributed by atoms with E-state index >= 15 is 0 Å². The number of carbonyl (C=O) groups is 3. The van der Waals surface area contributed by atoms with Gasteiger partial charge in [-0.1, -0.05) is 0 Å². The highest BCUT2D eigenvalue weighted by molar-refractivity contribution is 5.91. The summed E-state index contributed by atoms with van der Waals surface area (Å²) in [4.78, 5) is 38.9. The van der Waals surface area contributed by atoms with Crippen molar-refractivity contribution in [1.29, 1.82) is 0 Å². The predicted molar refractivity (Wildman–Crippen MR) is 75.4 cm³/mol. The first-order valence-electron chi connectivity index (χ1n) is 7.04. The number of hydrogen-bond donors (Lipinski definition) is 0. The van der Waals surface area contributed by atoms with E-state index in [1.165, 1.54) is 12.0 Å². The molecule has 7 nitrogen and oxygen atoms in total. The monoisotopic (exact) mass is 300 g/mol. The molecule has 2 amide bonds. The van der Waals surface area contributed by atoms with Gasteiger partial charge in [0, 0.05) is 32.7 Å². The van der Waals surface area contributed by atoms with Crippen molar-refractivity contribution in [2.75, 3.05) is 40.5 Å². The number of nitrogens with zero attached hydrogens (tertiary/aromatic N) is 2. The van der Waals surface area contributed by atoms with Gasteiger partial charge in [-0.15, -0.1) is 0 Å². The maximum Gasteiger partial charge on any atom is 0.325 e. The van der Waals surface area contributed by atoms with Crippen LogP contribution in [-0.2, 0) is 23.9 Å². The molecule has 1 heterocycles. The quantitative estimate of drug-likeness (QED) is 0.613. The van der Waals surface area contributed by atoms with Crippen molar-refractivity contribution in [3.63, 3.8) is 0 Å². The number of hydrogen-bond acceptors (Lipinski definition) is 5. The van der Waals surface area contributed by atoms with Gasteiger partial charge in [0.25, 0.3) is 0 Å². The van der Waals surface area contributed by atoms with E-state index in [2.05, 4.69) is 4.74 Å². The lowest BCUT2D eigenvalue weighted by atomic mass is 10.1. The van der Waals surface area contributed by atoms with Gasteiger partial charge in [0.1, 0.15) is 6.54 Å². The highest BCUT2D eigenvalue weighted by Crippen LogP contribution is 2.21. The van der Waals surface area contributed by atoms with Gasteiger partial charge in [0.2, 0.25) is 11.8 Å². The summed E-state index contributed by atoms with van der Waals surface area (Å²) >= 11 is 0. The second kappa shape index (κ2) is 7.97. The van der Waals surface area contributed by atoms with Crippen LogP contribution < -0.4 is 0 Å². The third-order valence-corrected chi connectivity index (χ3v) is 3.56. The highest BCUT2D eigenvalue weighted by Gasteiger charge is 2.37. The standard InChI is InChI=1S/C14H24N2O5/c1-10(2)16(9-13(18)21-4)14(19)11-7-12(17)15(8-11)5-6-20-3/h10-11H,5-9H2,1-4H3. The Bertz CT molecular complexity index is 397. The first kappa shape index (κ1) is 17.4. The molecule has 0 aliphatic carbocycles. The second-order valence-electron chi connectivity index (χ2n) is 5.37. The molecule has 1 fully saturated rings. The SMILES string of the molecule is COCCN1CC(C(=O)N(CC(=O)OC)C(C)C)CC1=O. The summed E-state index contributed by atoms with van der Waals surface area (Å²) in [6.07, 6.45) is 0.187. The fraction of sp³-hybridized carbons (Fsp3) is 0.786. The number of ether oxygens (including phenoxy) is 2. The molecule has 0 spiro atoms. The van der Waals surface area contributed by atoms with Crippen molar-refractivity contribution in [3.05, 3.63) is 0 Å². The lowest BCUT2D eigenvalue weighted by Gasteiger charge is -2.28. The van der Waals surface area contributed by atoms with Gasteiger partial charge in [-0.2, -0.15) is 0 Å². The van der Waals surface area contributed by atoms with E-state index in [0.29, 0.717) is 19.7 Å². The average molecular weight is 300 g/mol. The van der Waals surface area contributed by atoms with E-state index in [9.17, 15) is 14.4 Å². The van der Waals surface area contributed by atoms with E-state index in [1.54, 1.807) is 12.0 Å². The molecule has 0 saturated carbocycles. The molecule has 1 unspecified atom stereocenters. The highest BCUT2D eigenvalue weighted by atomic mass is 16.5. The normalized spacial score (nSPS) is 18.2. The topological polar surface area (TPSA) is 76.2 Å². The zero-order chi connectivity index (χ0) is 16.0. The molecular weight excluding hydrogens is 276 g/mol. The average Bonchev–Trinajstić information content (AvgIpc) is 2.82. The van der Waals surface area contributed by atoms with Gasteiger partial charge in [-0.3, -0.25) is 14.4 Å². The van der Waals surface area contributed by atoms with Gasteiger partial charge in [-0.25, -0.2) is 0 Å². The summed E-state index contributed by atoms with van der Waals surface area (Å²) in [5, 5.41) is 0. The Morgan fingerprint density at radius 2 is 2.05 bits per heavy atom. The maximum atomic E-state index is 12.5. The van der Waals surface area contributed by atoms with E-state index in [0.717, 1.165) is 0 Å². The number of carbonyl (C=O) groups excluding carboxylic acids is 3. The van der Waals surface area contributed by atoms with Crippen LogP contribution in [0, 0.1) is 5.92 Å². The van der Waals surface area contributed by atoms with Gasteiger partial charge in [0.15, 0.2) is 0 Å². The molecule has 120 valence electrons. The van der Waals surface area contributed by atoms with Crippen LogP contribution in [0.2, 0.25) is 0 Å². The van der Waals surface area contributed by atoms with Crippen molar-refractivity contribution in [3.8, 4) is 0 Å². The Morgan fingerprint density at radius 1 is 1.38 bits per heavy atom. The Morgan fingerprint density at radius 3 is 2.57 bits per heavy atom. The van der Waals surface area contributed by atoms with Gasteiger partial charge < -0.3 is 19.3 Å². The molecule has 1 atom stereocenters. The fourth-order valence-electron chi connectivity index (χ4n) is 2.31. The number of likely N-dealkylation sites (tertiary alicyclic amines) is 1. The summed E-state index contributed by atoms with van der Waals surface area (Å²) in [7, 11) is 2.86. The summed E-state index contributed by atoms with van der Waals surface area (Å²) in [6, 6.07) is -0.125. The predicted octanol–water partition coefficient (Wildman–Crippen LogP) is -0.109. The van der Waals surface area contributed by atoms with Crippen molar-refractivity contribution in [2.45, 2.75) is 26.3 Å². The number of methoxy groups -OCH3 is 2. The van der Waals surface area contributed by atoms with Crippen LogP contribution in [-0.4, -0.2) is 74.1 Å². The smallest absolute Gasteiger partial charge is 0.325 e. The van der Waals surface area contributed by atoms with Crippen molar-refractivity contribution in [1.82, 2.24) is 9.80 Å². The molecule has 21 heavy (non-hydrogen) atoms. The van der Waals surface area contributed by atoms with Crippen LogP contribution in [0.25, 0.3) is 0 Å². The lowest BCUT2D eigenvalue weighted by molar-refractivity contribution is -0.149. The Labute approximate surface area is 125 Å². The third-order valence-electron chi connectivity index (χ3n) is 3.56. The number of rotatable bonds is 7. The minimum absolute atomic E-state index is 0.0489. The largest absolute Gasteiger partial charge is 0.468 e. The van der Waals surface area contributed by atoms with Crippen LogP contribution in [0.4, 0.5) is 0 Å². The minimum Gasteiger partial charge on any atom is -0.468 e. The molecular formula is C14H24N2O5. The van der Waals surface area contributed by atoms with Crippen molar-refractivity contribution in [2.24, 2.45) is 5.92 Å². The molecule has 1 aliphatic heterocycles. The van der Waals surface area contributed by atoms with Crippen LogP contribution in [0.5, 0.6) is 0 Å². The first-order chi connectivity index (χ1) is 9.90. The molecule has 0 N–H and O–H groups in total. The Kier molecular flexibility index (Phi) is 6.61. The second-order valence-corrected chi connectivity index (χ2v) is 5.37. The summed E-state index contributed by atoms with van der Waals surface area (Å²) in [6.45, 7) is 4.89. The van der Waals surface area contributed by atoms with E-state index in [1.807, 2.05) is 13.8 Å². The molecule has 0 aromatic carbocycles. The number of amides is 2. The molecule has 0 radical (unpaired) electrons. The molecule has 0 bridgehead atoms. The van der Waals surface area contributed by atoms with E-state index < -0.39 is 11.9 Å². The lowest BCUT2D eigenvalue weighted by Crippen LogP contribution is -2.45. The fourth-order valence-corrected chi connectivity index (χ4v) is 2.31. The maximum absolute atomic E-state index is 12.5. The third kappa shape index (κ3) is 4.70.